The van der Waals surface area contributed by atoms with E-state index >= 15 is 0 Å². The highest BCUT2D eigenvalue weighted by molar-refractivity contribution is 7.98. The molecule has 0 saturated heterocycles. The molecular formula is C8H10N2O2S. The fraction of sp³-hybridized carbons (Fsp3) is 0.500. The van der Waals surface area contributed by atoms with E-state index in [1.54, 1.807) is 6.20 Å². The number of esters is 1. The summed E-state index contributed by atoms with van der Waals surface area (Å²) in [6.45, 7) is 0.886. The molecule has 0 fully saturated rings. The molecule has 1 aromatic rings. The van der Waals surface area contributed by atoms with E-state index in [9.17, 15) is 4.79 Å². The zero-order chi connectivity index (χ0) is 9.26. The highest BCUT2D eigenvalue weighted by atomic mass is 32.2. The molecule has 1 aromatic heterocycles. The fourth-order valence-corrected chi connectivity index (χ4v) is 2.30. The second kappa shape index (κ2) is 3.41. The topological polar surface area (TPSA) is 44.1 Å². The number of aryl methyl sites for hydroxylation is 1. The van der Waals surface area contributed by atoms with Crippen LogP contribution in [0, 0.1) is 0 Å². The SMILES string of the molecule is COC(=O)c1cnn2c1CSCC2. The van der Waals surface area contributed by atoms with Crippen molar-refractivity contribution in [2.45, 2.75) is 12.3 Å². The van der Waals surface area contributed by atoms with E-state index in [-0.39, 0.29) is 5.97 Å². The van der Waals surface area contributed by atoms with Gasteiger partial charge in [0.15, 0.2) is 0 Å². The Balaban J connectivity index is 2.36. The third kappa shape index (κ3) is 1.44. The quantitative estimate of drug-likeness (QED) is 0.629. The van der Waals surface area contributed by atoms with Crippen LogP contribution in [0.3, 0.4) is 0 Å². The zero-order valence-corrected chi connectivity index (χ0v) is 8.13. The van der Waals surface area contributed by atoms with Gasteiger partial charge in [-0.1, -0.05) is 0 Å². The number of carbonyl (C=O) groups excluding carboxylic acids is 1. The molecule has 0 unspecified atom stereocenters. The first-order valence-electron chi connectivity index (χ1n) is 4.03. The third-order valence-electron chi connectivity index (χ3n) is 2.04. The molecule has 1 aliphatic heterocycles. The van der Waals surface area contributed by atoms with Gasteiger partial charge in [-0.2, -0.15) is 16.9 Å². The van der Waals surface area contributed by atoms with Crippen molar-refractivity contribution in [3.8, 4) is 0 Å². The number of aromatic nitrogens is 2. The van der Waals surface area contributed by atoms with Crippen molar-refractivity contribution >= 4 is 17.7 Å². The molecule has 4 nitrogen and oxygen atoms in total. The number of fused-ring (bicyclic) bond motifs is 1. The highest BCUT2D eigenvalue weighted by Gasteiger charge is 2.19. The van der Waals surface area contributed by atoms with Crippen LogP contribution in [0.4, 0.5) is 0 Å². The summed E-state index contributed by atoms with van der Waals surface area (Å²) in [5.74, 6) is 1.63. The summed E-state index contributed by atoms with van der Waals surface area (Å²) >= 11 is 1.82. The van der Waals surface area contributed by atoms with Gasteiger partial charge in [-0.25, -0.2) is 4.79 Å². The predicted octanol–water partition coefficient (Wildman–Crippen LogP) is 0.916. The molecule has 13 heavy (non-hydrogen) atoms. The van der Waals surface area contributed by atoms with Gasteiger partial charge >= 0.3 is 5.97 Å². The van der Waals surface area contributed by atoms with Crippen LogP contribution in [0.5, 0.6) is 0 Å². The van der Waals surface area contributed by atoms with E-state index in [0.29, 0.717) is 5.56 Å². The predicted molar refractivity (Wildman–Crippen MR) is 49.7 cm³/mol. The van der Waals surface area contributed by atoms with Crippen molar-refractivity contribution in [2.75, 3.05) is 12.9 Å². The van der Waals surface area contributed by atoms with Crippen LogP contribution < -0.4 is 0 Å². The Labute approximate surface area is 80.3 Å². The van der Waals surface area contributed by atoms with Crippen LogP contribution in [-0.4, -0.2) is 28.6 Å². The van der Waals surface area contributed by atoms with E-state index in [2.05, 4.69) is 9.84 Å². The standard InChI is InChI=1S/C8H10N2O2S/c1-12-8(11)6-4-9-10-2-3-13-5-7(6)10/h4H,2-3,5H2,1H3. The Morgan fingerprint density at radius 1 is 1.77 bits per heavy atom. The molecule has 0 spiro atoms. The molecule has 0 amide bonds. The molecule has 5 heteroatoms. The third-order valence-corrected chi connectivity index (χ3v) is 2.99. The summed E-state index contributed by atoms with van der Waals surface area (Å²) in [4.78, 5) is 11.3. The molecule has 0 aliphatic carbocycles. The molecule has 0 radical (unpaired) electrons. The molecule has 0 N–H and O–H groups in total. The first-order valence-corrected chi connectivity index (χ1v) is 5.19. The molecule has 1 aliphatic rings. The molecule has 2 heterocycles. The van der Waals surface area contributed by atoms with Gasteiger partial charge in [0, 0.05) is 11.5 Å². The van der Waals surface area contributed by atoms with Crippen LogP contribution in [-0.2, 0) is 17.0 Å². The number of hydrogen-bond acceptors (Lipinski definition) is 4. The molecule has 0 bridgehead atoms. The van der Waals surface area contributed by atoms with Gasteiger partial charge in [0.1, 0.15) is 5.56 Å². The number of ether oxygens (including phenoxy) is 1. The highest BCUT2D eigenvalue weighted by Crippen LogP contribution is 2.22. The average Bonchev–Trinajstić information content (AvgIpc) is 2.60. The monoisotopic (exact) mass is 198 g/mol. The minimum absolute atomic E-state index is 0.288. The van der Waals surface area contributed by atoms with Crippen molar-refractivity contribution in [3.05, 3.63) is 17.5 Å². The summed E-state index contributed by atoms with van der Waals surface area (Å²) in [6, 6.07) is 0. The fourth-order valence-electron chi connectivity index (χ4n) is 1.36. The molecule has 0 aromatic carbocycles. The Hall–Kier alpha value is -0.970. The number of carbonyl (C=O) groups is 1. The van der Waals surface area contributed by atoms with Crippen LogP contribution >= 0.6 is 11.8 Å². The summed E-state index contributed by atoms with van der Waals surface area (Å²) in [5, 5.41) is 4.13. The smallest absolute Gasteiger partial charge is 0.341 e. The second-order valence-electron chi connectivity index (χ2n) is 2.77. The number of methoxy groups -OCH3 is 1. The lowest BCUT2D eigenvalue weighted by Gasteiger charge is -2.13. The Bertz CT molecular complexity index is 335. The van der Waals surface area contributed by atoms with E-state index < -0.39 is 0 Å². The van der Waals surface area contributed by atoms with Crippen molar-refractivity contribution < 1.29 is 9.53 Å². The number of nitrogens with zero attached hydrogens (tertiary/aromatic N) is 2. The summed E-state index contributed by atoms with van der Waals surface area (Å²) in [7, 11) is 1.39. The van der Waals surface area contributed by atoms with E-state index in [1.807, 2.05) is 16.4 Å². The minimum Gasteiger partial charge on any atom is -0.465 e. The van der Waals surface area contributed by atoms with E-state index in [0.717, 1.165) is 23.7 Å². The summed E-state index contributed by atoms with van der Waals surface area (Å²) in [6.07, 6.45) is 1.59. The first-order chi connectivity index (χ1) is 6.33. The Morgan fingerprint density at radius 2 is 2.62 bits per heavy atom. The van der Waals surface area contributed by atoms with Gasteiger partial charge in [-0.3, -0.25) is 4.68 Å². The van der Waals surface area contributed by atoms with Crippen LogP contribution in [0.15, 0.2) is 6.20 Å². The van der Waals surface area contributed by atoms with E-state index in [1.165, 1.54) is 7.11 Å². The molecule has 0 saturated carbocycles. The number of rotatable bonds is 1. The number of thioether (sulfide) groups is 1. The molecule has 0 atom stereocenters. The Morgan fingerprint density at radius 3 is 3.38 bits per heavy atom. The minimum atomic E-state index is -0.288. The molecule has 2 rings (SSSR count). The van der Waals surface area contributed by atoms with Crippen LogP contribution in [0.25, 0.3) is 0 Å². The average molecular weight is 198 g/mol. The van der Waals surface area contributed by atoms with Gasteiger partial charge in [0.2, 0.25) is 0 Å². The maximum atomic E-state index is 11.3. The lowest BCUT2D eigenvalue weighted by molar-refractivity contribution is 0.0599. The Kier molecular flexibility index (Phi) is 2.26. The molecule has 70 valence electrons. The van der Waals surface area contributed by atoms with Gasteiger partial charge < -0.3 is 4.74 Å². The lowest BCUT2D eigenvalue weighted by Crippen LogP contribution is -2.14. The second-order valence-corrected chi connectivity index (χ2v) is 3.88. The first kappa shape index (κ1) is 8.62. The zero-order valence-electron chi connectivity index (χ0n) is 7.32. The number of hydrogen-bond donors (Lipinski definition) is 0. The maximum absolute atomic E-state index is 11.3. The van der Waals surface area contributed by atoms with Crippen molar-refractivity contribution in [1.82, 2.24) is 9.78 Å². The van der Waals surface area contributed by atoms with Crippen molar-refractivity contribution in [2.24, 2.45) is 0 Å². The van der Waals surface area contributed by atoms with Gasteiger partial charge in [0.25, 0.3) is 0 Å². The van der Waals surface area contributed by atoms with Crippen LogP contribution in [0.2, 0.25) is 0 Å². The lowest BCUT2D eigenvalue weighted by atomic mass is 10.2. The van der Waals surface area contributed by atoms with Crippen molar-refractivity contribution in [1.29, 1.82) is 0 Å². The van der Waals surface area contributed by atoms with Crippen LogP contribution in [0.1, 0.15) is 16.1 Å². The maximum Gasteiger partial charge on any atom is 0.341 e. The van der Waals surface area contributed by atoms with E-state index in [4.69, 9.17) is 0 Å². The summed E-state index contributed by atoms with van der Waals surface area (Å²) in [5.41, 5.74) is 1.60. The van der Waals surface area contributed by atoms with Gasteiger partial charge in [-0.05, 0) is 0 Å². The van der Waals surface area contributed by atoms with Crippen molar-refractivity contribution in [3.63, 3.8) is 0 Å². The largest absolute Gasteiger partial charge is 0.465 e. The summed E-state index contributed by atoms with van der Waals surface area (Å²) < 4.78 is 6.54. The van der Waals surface area contributed by atoms with Gasteiger partial charge in [-0.15, -0.1) is 0 Å². The molecular weight excluding hydrogens is 188 g/mol. The normalized spacial score (nSPS) is 15.2. The van der Waals surface area contributed by atoms with Gasteiger partial charge in [0.05, 0.1) is 25.5 Å².